The average molecular weight is 527 g/mol. The van der Waals surface area contributed by atoms with Crippen molar-refractivity contribution in [2.75, 3.05) is 10.6 Å². The van der Waals surface area contributed by atoms with E-state index < -0.39 is 29.1 Å². The van der Waals surface area contributed by atoms with Gasteiger partial charge in [-0.25, -0.2) is 4.98 Å². The molecule has 1 saturated carbocycles. The summed E-state index contributed by atoms with van der Waals surface area (Å²) >= 11 is 6.19. The van der Waals surface area contributed by atoms with Gasteiger partial charge in [0.25, 0.3) is 11.8 Å². The monoisotopic (exact) mass is 526 g/mol. The van der Waals surface area contributed by atoms with Crippen LogP contribution in [0.5, 0.6) is 0 Å². The van der Waals surface area contributed by atoms with Crippen LogP contribution in [0.15, 0.2) is 54.6 Å². The number of imidazole rings is 1. The van der Waals surface area contributed by atoms with E-state index in [1.165, 1.54) is 18.2 Å². The Hall–Kier alpha value is -3.85. The molecule has 4 aromatic rings. The molecule has 37 heavy (non-hydrogen) atoms. The molecule has 0 aliphatic heterocycles. The largest absolute Gasteiger partial charge is 0.417 e. The Morgan fingerprint density at radius 2 is 1.70 bits per heavy atom. The maximum atomic E-state index is 13.5. The lowest BCUT2D eigenvalue weighted by molar-refractivity contribution is -0.137. The molecule has 3 N–H and O–H groups in total. The number of nitrogens with one attached hydrogen (secondary N) is 3. The van der Waals surface area contributed by atoms with Gasteiger partial charge >= 0.3 is 6.18 Å². The molecule has 6 nitrogen and oxygen atoms in total. The number of rotatable bonds is 5. The first-order chi connectivity index (χ1) is 17.5. The third kappa shape index (κ3) is 4.79. The zero-order valence-electron chi connectivity index (χ0n) is 19.9. The Balaban J connectivity index is 1.55. The molecule has 0 atom stereocenters. The highest BCUT2D eigenvalue weighted by atomic mass is 35.5. The van der Waals surface area contributed by atoms with E-state index in [1.54, 1.807) is 31.2 Å². The number of aromatic nitrogens is 2. The molecular weight excluding hydrogens is 505 g/mol. The summed E-state index contributed by atoms with van der Waals surface area (Å²) in [4.78, 5) is 34.2. The third-order valence-corrected chi connectivity index (χ3v) is 7.06. The van der Waals surface area contributed by atoms with Crippen LogP contribution < -0.4 is 10.6 Å². The van der Waals surface area contributed by atoms with Crippen molar-refractivity contribution in [3.05, 3.63) is 87.7 Å². The molecule has 2 amide bonds. The van der Waals surface area contributed by atoms with E-state index in [0.717, 1.165) is 25.0 Å². The topological polar surface area (TPSA) is 86.9 Å². The minimum Gasteiger partial charge on any atom is -0.341 e. The third-order valence-electron chi connectivity index (χ3n) is 6.65. The summed E-state index contributed by atoms with van der Waals surface area (Å²) in [6, 6.07) is 12.6. The van der Waals surface area contributed by atoms with Gasteiger partial charge in [0.1, 0.15) is 11.3 Å². The Kier molecular flexibility index (Phi) is 5.98. The van der Waals surface area contributed by atoms with Gasteiger partial charge in [-0.3, -0.25) is 9.59 Å². The van der Waals surface area contributed by atoms with Crippen LogP contribution in [-0.2, 0) is 11.6 Å². The molecule has 1 aliphatic rings. The lowest BCUT2D eigenvalue weighted by Gasteiger charge is -2.14. The van der Waals surface area contributed by atoms with Crippen LogP contribution in [0.3, 0.4) is 0 Å². The van der Waals surface area contributed by atoms with Crippen molar-refractivity contribution in [1.82, 2.24) is 9.97 Å². The fourth-order valence-corrected chi connectivity index (χ4v) is 4.31. The lowest BCUT2D eigenvalue weighted by Crippen LogP contribution is -2.19. The number of H-pyrrole nitrogens is 1. The van der Waals surface area contributed by atoms with Gasteiger partial charge in [0, 0.05) is 21.8 Å². The van der Waals surface area contributed by atoms with Gasteiger partial charge in [-0.05, 0) is 61.7 Å². The molecule has 3 aromatic carbocycles. The zero-order valence-corrected chi connectivity index (χ0v) is 20.6. The SMILES string of the molecule is Cc1c(Cl)cccc1NC(=O)c1cc(NC(=O)c2ccccc2C(F)(F)F)cc2[nH]c(C3(C)CC3)nc12. The standard InChI is InChI=1S/C27H22ClF3N4O2/c1-14-19(28)8-5-9-20(14)33-24(37)17-12-15(13-21-22(17)35-25(34-21)26(2)10-11-26)32-23(36)16-6-3-4-7-18(16)27(29,30)31/h3-9,12-13H,10-11H2,1-2H3,(H,32,36)(H,33,37)(H,34,35). The van der Waals surface area contributed by atoms with E-state index >= 15 is 0 Å². The van der Waals surface area contributed by atoms with Crippen LogP contribution in [0.4, 0.5) is 24.5 Å². The number of nitrogens with zero attached hydrogens (tertiary/aromatic N) is 1. The van der Waals surface area contributed by atoms with Crippen LogP contribution in [0.1, 0.15) is 57.4 Å². The molecular formula is C27H22ClF3N4O2. The molecule has 10 heteroatoms. The van der Waals surface area contributed by atoms with Crippen LogP contribution >= 0.6 is 11.6 Å². The van der Waals surface area contributed by atoms with Crippen molar-refractivity contribution in [1.29, 1.82) is 0 Å². The second-order valence-corrected chi connectivity index (χ2v) is 9.84. The maximum Gasteiger partial charge on any atom is 0.417 e. The number of carbonyl (C=O) groups excluding carboxylic acids is 2. The van der Waals surface area contributed by atoms with Gasteiger partial charge in [-0.1, -0.05) is 36.7 Å². The number of aromatic amines is 1. The van der Waals surface area contributed by atoms with E-state index in [-0.39, 0.29) is 16.7 Å². The predicted molar refractivity (Wildman–Crippen MR) is 136 cm³/mol. The number of carbonyl (C=O) groups is 2. The van der Waals surface area contributed by atoms with Crippen molar-refractivity contribution < 1.29 is 22.8 Å². The molecule has 0 saturated heterocycles. The minimum atomic E-state index is -4.70. The first kappa shape index (κ1) is 24.8. The van der Waals surface area contributed by atoms with Crippen molar-refractivity contribution in [2.24, 2.45) is 0 Å². The highest BCUT2D eigenvalue weighted by molar-refractivity contribution is 6.31. The smallest absolute Gasteiger partial charge is 0.341 e. The Morgan fingerprint density at radius 1 is 1.00 bits per heavy atom. The Labute approximate surface area is 215 Å². The fourth-order valence-electron chi connectivity index (χ4n) is 4.13. The summed E-state index contributed by atoms with van der Waals surface area (Å²) in [5, 5.41) is 5.83. The summed E-state index contributed by atoms with van der Waals surface area (Å²) < 4.78 is 40.4. The summed E-state index contributed by atoms with van der Waals surface area (Å²) in [5.74, 6) is -0.735. The highest BCUT2D eigenvalue weighted by Crippen LogP contribution is 2.47. The van der Waals surface area contributed by atoms with Crippen LogP contribution in [0.25, 0.3) is 11.0 Å². The summed E-state index contributed by atoms with van der Waals surface area (Å²) in [5.41, 5.74) is 0.665. The molecule has 1 heterocycles. The number of benzene rings is 3. The lowest BCUT2D eigenvalue weighted by atomic mass is 10.1. The van der Waals surface area contributed by atoms with Gasteiger partial charge in [0.2, 0.25) is 0 Å². The molecule has 5 rings (SSSR count). The molecule has 0 unspecified atom stereocenters. The molecule has 190 valence electrons. The number of hydrogen-bond acceptors (Lipinski definition) is 3. The van der Waals surface area contributed by atoms with Gasteiger partial charge in [0.15, 0.2) is 0 Å². The van der Waals surface area contributed by atoms with Gasteiger partial charge < -0.3 is 15.6 Å². The van der Waals surface area contributed by atoms with Crippen LogP contribution in [0, 0.1) is 6.92 Å². The fraction of sp³-hybridized carbons (Fsp3) is 0.222. The molecule has 1 fully saturated rings. The number of hydrogen-bond donors (Lipinski definition) is 3. The first-order valence-corrected chi connectivity index (χ1v) is 11.9. The van der Waals surface area contributed by atoms with Gasteiger partial charge in [-0.2, -0.15) is 13.2 Å². The Morgan fingerprint density at radius 3 is 2.41 bits per heavy atom. The summed E-state index contributed by atoms with van der Waals surface area (Å²) in [6.45, 7) is 3.82. The number of fused-ring (bicyclic) bond motifs is 1. The molecule has 0 bridgehead atoms. The van der Waals surface area contributed by atoms with Crippen LogP contribution in [0.2, 0.25) is 5.02 Å². The predicted octanol–water partition coefficient (Wildman–Crippen LogP) is 7.10. The van der Waals surface area contributed by atoms with E-state index in [1.807, 2.05) is 0 Å². The van der Waals surface area contributed by atoms with Crippen LogP contribution in [-0.4, -0.2) is 21.8 Å². The molecule has 1 aromatic heterocycles. The summed E-state index contributed by atoms with van der Waals surface area (Å²) in [7, 11) is 0. The van der Waals surface area contributed by atoms with Gasteiger partial charge in [-0.15, -0.1) is 0 Å². The first-order valence-electron chi connectivity index (χ1n) is 11.5. The quantitative estimate of drug-likeness (QED) is 0.259. The van der Waals surface area contributed by atoms with Crippen molar-refractivity contribution in [3.8, 4) is 0 Å². The van der Waals surface area contributed by atoms with Gasteiger partial charge in [0.05, 0.1) is 22.2 Å². The number of anilines is 2. The summed E-state index contributed by atoms with van der Waals surface area (Å²) in [6.07, 6.45) is -2.82. The molecule has 1 aliphatic carbocycles. The van der Waals surface area contributed by atoms with Crippen molar-refractivity contribution >= 4 is 45.8 Å². The average Bonchev–Trinajstić information content (AvgIpc) is 3.44. The second kappa shape index (κ2) is 8.92. The van der Waals surface area contributed by atoms with E-state index in [2.05, 4.69) is 27.5 Å². The minimum absolute atomic E-state index is 0.134. The zero-order chi connectivity index (χ0) is 26.5. The highest BCUT2D eigenvalue weighted by Gasteiger charge is 2.42. The normalized spacial score (nSPS) is 14.4. The number of alkyl halides is 3. The van der Waals surface area contributed by atoms with E-state index in [9.17, 15) is 22.8 Å². The maximum absolute atomic E-state index is 13.5. The molecule has 0 spiro atoms. The number of amides is 2. The second-order valence-electron chi connectivity index (χ2n) is 9.43. The van der Waals surface area contributed by atoms with Crippen molar-refractivity contribution in [2.45, 2.75) is 38.3 Å². The number of halogens is 4. The van der Waals surface area contributed by atoms with E-state index in [0.29, 0.717) is 33.1 Å². The van der Waals surface area contributed by atoms with E-state index in [4.69, 9.17) is 11.6 Å². The Bertz CT molecular complexity index is 1560. The van der Waals surface area contributed by atoms with Crippen molar-refractivity contribution in [3.63, 3.8) is 0 Å². The molecule has 0 radical (unpaired) electrons.